The third kappa shape index (κ3) is 8.79. The van der Waals surface area contributed by atoms with Gasteiger partial charge in [0.15, 0.2) is 9.84 Å². The number of amides is 3. The molecule has 210 valence electrons. The van der Waals surface area contributed by atoms with Crippen molar-refractivity contribution in [3.8, 4) is 0 Å². The average Bonchev–Trinajstić information content (AvgIpc) is 3.00. The lowest BCUT2D eigenvalue weighted by Gasteiger charge is -2.29. The van der Waals surface area contributed by atoms with Gasteiger partial charge in [0.25, 0.3) is 0 Å². The van der Waals surface area contributed by atoms with Crippen molar-refractivity contribution in [2.75, 3.05) is 26.3 Å². The molecular formula is C31H35N3O5S. The van der Waals surface area contributed by atoms with Crippen molar-refractivity contribution in [1.29, 1.82) is 0 Å². The zero-order valence-electron chi connectivity index (χ0n) is 22.3. The third-order valence-electron chi connectivity index (χ3n) is 6.67. The maximum atomic E-state index is 13.6. The molecular weight excluding hydrogens is 526 g/mol. The summed E-state index contributed by atoms with van der Waals surface area (Å²) in [6.45, 7) is 1.80. The number of sulfone groups is 1. The van der Waals surface area contributed by atoms with Gasteiger partial charge >= 0.3 is 6.03 Å². The van der Waals surface area contributed by atoms with Crippen molar-refractivity contribution >= 4 is 21.8 Å². The minimum absolute atomic E-state index is 0.180. The Labute approximate surface area is 236 Å². The van der Waals surface area contributed by atoms with Gasteiger partial charge in [0.05, 0.1) is 18.1 Å². The lowest BCUT2D eigenvalue weighted by Crippen LogP contribution is -2.55. The summed E-state index contributed by atoms with van der Waals surface area (Å²) in [7, 11) is -3.70. The topological polar surface area (TPSA) is 105 Å². The second-order valence-corrected chi connectivity index (χ2v) is 11.5. The van der Waals surface area contributed by atoms with Crippen LogP contribution in [0.1, 0.15) is 17.5 Å². The van der Waals surface area contributed by atoms with Crippen LogP contribution in [0.3, 0.4) is 0 Å². The number of hydrogen-bond acceptors (Lipinski definition) is 5. The van der Waals surface area contributed by atoms with Gasteiger partial charge in [-0.2, -0.15) is 0 Å². The molecule has 40 heavy (non-hydrogen) atoms. The molecule has 9 heteroatoms. The molecule has 0 radical (unpaired) electrons. The van der Waals surface area contributed by atoms with Crippen LogP contribution >= 0.6 is 0 Å². The SMILES string of the molecule is O=C(N[C@@H](/C=C/S(=O)(=O)c1ccccc1)CCc1ccccc1)C(Cc1ccccc1)NC(=O)N1CCOCC1. The Morgan fingerprint density at radius 1 is 0.825 bits per heavy atom. The van der Waals surface area contributed by atoms with Crippen LogP contribution < -0.4 is 10.6 Å². The summed E-state index contributed by atoms with van der Waals surface area (Å²) in [4.78, 5) is 28.4. The lowest BCUT2D eigenvalue weighted by atomic mass is 10.0. The molecule has 2 atom stereocenters. The Morgan fingerprint density at radius 2 is 1.40 bits per heavy atom. The number of aryl methyl sites for hydroxylation is 1. The normalized spacial score (nSPS) is 15.3. The van der Waals surface area contributed by atoms with E-state index in [-0.39, 0.29) is 16.8 Å². The highest BCUT2D eigenvalue weighted by atomic mass is 32.2. The van der Waals surface area contributed by atoms with Crippen LogP contribution in [0.25, 0.3) is 0 Å². The maximum absolute atomic E-state index is 13.6. The number of benzene rings is 3. The fourth-order valence-corrected chi connectivity index (χ4v) is 5.51. The van der Waals surface area contributed by atoms with Crippen LogP contribution in [-0.4, -0.2) is 63.6 Å². The molecule has 1 aliphatic rings. The Kier molecular flexibility index (Phi) is 10.5. The van der Waals surface area contributed by atoms with Crippen molar-refractivity contribution in [1.82, 2.24) is 15.5 Å². The molecule has 3 amide bonds. The molecule has 4 rings (SSSR count). The number of urea groups is 1. The average molecular weight is 562 g/mol. The van der Waals surface area contributed by atoms with Crippen molar-refractivity contribution in [3.63, 3.8) is 0 Å². The van der Waals surface area contributed by atoms with Crippen LogP contribution in [0.5, 0.6) is 0 Å². The second kappa shape index (κ2) is 14.4. The van der Waals surface area contributed by atoms with Crippen LogP contribution in [-0.2, 0) is 32.2 Å². The van der Waals surface area contributed by atoms with Gasteiger partial charge < -0.3 is 20.3 Å². The summed E-state index contributed by atoms with van der Waals surface area (Å²) < 4.78 is 31.2. The minimum Gasteiger partial charge on any atom is -0.378 e. The van der Waals surface area contributed by atoms with Gasteiger partial charge in [-0.3, -0.25) is 4.79 Å². The number of hydrogen-bond donors (Lipinski definition) is 2. The summed E-state index contributed by atoms with van der Waals surface area (Å²) in [6.07, 6.45) is 2.92. The van der Waals surface area contributed by atoms with Crippen LogP contribution in [0.2, 0.25) is 0 Å². The molecule has 8 nitrogen and oxygen atoms in total. The highest BCUT2D eigenvalue weighted by molar-refractivity contribution is 7.94. The van der Waals surface area contributed by atoms with Crippen LogP contribution in [0.15, 0.2) is 107 Å². The standard InChI is InChI=1S/C31H35N3O5S/c35-30(29(24-26-12-6-2-7-13-26)33-31(36)34-19-21-39-22-20-34)32-27(17-16-25-10-4-1-5-11-25)18-23-40(37,38)28-14-8-3-9-15-28/h1-15,18,23,27,29H,16-17,19-22,24H2,(H,32,35)(H,33,36)/b23-18+/t27-,29?/m1/s1. The first-order chi connectivity index (χ1) is 19.4. The Bertz CT molecular complexity index is 1360. The van der Waals surface area contributed by atoms with Crippen molar-refractivity contribution in [2.24, 2.45) is 0 Å². The zero-order chi connectivity index (χ0) is 28.2. The first kappa shape index (κ1) is 29.0. The van der Waals surface area contributed by atoms with Crippen LogP contribution in [0, 0.1) is 0 Å². The largest absolute Gasteiger partial charge is 0.378 e. The van der Waals surface area contributed by atoms with Gasteiger partial charge in [-0.1, -0.05) is 84.9 Å². The molecule has 2 N–H and O–H groups in total. The number of nitrogens with one attached hydrogen (secondary N) is 2. The Balaban J connectivity index is 1.53. The second-order valence-electron chi connectivity index (χ2n) is 9.62. The number of ether oxygens (including phenoxy) is 1. The summed E-state index contributed by atoms with van der Waals surface area (Å²) in [5.74, 6) is -0.384. The fraction of sp³-hybridized carbons (Fsp3) is 0.290. The fourth-order valence-electron chi connectivity index (χ4n) is 4.42. The van der Waals surface area contributed by atoms with Crippen molar-refractivity contribution in [2.45, 2.75) is 36.2 Å². The first-order valence-corrected chi connectivity index (χ1v) is 14.9. The number of carbonyl (C=O) groups is 2. The lowest BCUT2D eigenvalue weighted by molar-refractivity contribution is -0.123. The molecule has 0 bridgehead atoms. The van der Waals surface area contributed by atoms with E-state index in [1.165, 1.54) is 18.2 Å². The van der Waals surface area contributed by atoms with Crippen LogP contribution in [0.4, 0.5) is 4.79 Å². The molecule has 3 aromatic rings. The van der Waals surface area contributed by atoms with Gasteiger partial charge in [0.1, 0.15) is 6.04 Å². The van der Waals surface area contributed by atoms with Gasteiger partial charge in [-0.25, -0.2) is 13.2 Å². The van der Waals surface area contributed by atoms with Crippen molar-refractivity contribution < 1.29 is 22.7 Å². The first-order valence-electron chi connectivity index (χ1n) is 13.4. The molecule has 0 aromatic heterocycles. The molecule has 0 aliphatic carbocycles. The molecule has 1 aliphatic heterocycles. The predicted molar refractivity (Wildman–Crippen MR) is 154 cm³/mol. The van der Waals surface area contributed by atoms with Gasteiger partial charge in [-0.15, -0.1) is 0 Å². The highest BCUT2D eigenvalue weighted by Crippen LogP contribution is 2.14. The smallest absolute Gasteiger partial charge is 0.318 e. The van der Waals surface area contributed by atoms with Gasteiger partial charge in [0.2, 0.25) is 5.91 Å². The van der Waals surface area contributed by atoms with E-state index in [2.05, 4.69) is 10.6 Å². The third-order valence-corrected chi connectivity index (χ3v) is 8.12. The number of rotatable bonds is 11. The van der Waals surface area contributed by atoms with E-state index in [1.807, 2.05) is 60.7 Å². The predicted octanol–water partition coefficient (Wildman–Crippen LogP) is 3.74. The Morgan fingerprint density at radius 3 is 2.02 bits per heavy atom. The highest BCUT2D eigenvalue weighted by Gasteiger charge is 2.26. The molecule has 0 saturated carbocycles. The number of morpholine rings is 1. The molecule has 0 spiro atoms. The summed E-state index contributed by atoms with van der Waals surface area (Å²) in [5, 5.41) is 7.03. The summed E-state index contributed by atoms with van der Waals surface area (Å²) >= 11 is 0. The van der Waals surface area contributed by atoms with Gasteiger partial charge in [0, 0.05) is 31.0 Å². The minimum atomic E-state index is -3.70. The van der Waals surface area contributed by atoms with E-state index in [0.717, 1.165) is 16.5 Å². The molecule has 1 unspecified atom stereocenters. The molecule has 1 heterocycles. The monoisotopic (exact) mass is 561 g/mol. The Hall–Kier alpha value is -3.95. The zero-order valence-corrected chi connectivity index (χ0v) is 23.1. The quantitative estimate of drug-likeness (QED) is 0.371. The molecule has 1 fully saturated rings. The summed E-state index contributed by atoms with van der Waals surface area (Å²) in [5.41, 5.74) is 1.97. The van der Waals surface area contributed by atoms with E-state index in [0.29, 0.717) is 45.6 Å². The van der Waals surface area contributed by atoms with E-state index >= 15 is 0 Å². The molecule has 3 aromatic carbocycles. The summed E-state index contributed by atoms with van der Waals surface area (Å²) in [6, 6.07) is 25.7. The van der Waals surface area contributed by atoms with E-state index in [1.54, 1.807) is 23.1 Å². The van der Waals surface area contributed by atoms with E-state index in [9.17, 15) is 18.0 Å². The molecule has 1 saturated heterocycles. The maximum Gasteiger partial charge on any atom is 0.318 e. The van der Waals surface area contributed by atoms with Crippen molar-refractivity contribution in [3.05, 3.63) is 114 Å². The van der Waals surface area contributed by atoms with Gasteiger partial charge in [-0.05, 0) is 36.1 Å². The van der Waals surface area contributed by atoms with E-state index < -0.39 is 21.9 Å². The number of carbonyl (C=O) groups excluding carboxylic acids is 2. The van der Waals surface area contributed by atoms with E-state index in [4.69, 9.17) is 4.74 Å². The number of nitrogens with zero attached hydrogens (tertiary/aromatic N) is 1.